The second-order valence-electron chi connectivity index (χ2n) is 33.4. The summed E-state index contributed by atoms with van der Waals surface area (Å²) < 4.78 is 65.3. The van der Waals surface area contributed by atoms with Gasteiger partial charge in [0.15, 0.2) is 0 Å². The standard InChI is InChI=1S/C34H45B2NO4.C18H12Br3N.C18H25BrO4.C14H21Br.C12H15BrO2/c1-10-11-12-25-13-19-28(20-14-25)37(29-21-15-26(16-22-29)35-38-31(2,3)32(4,5)39-35)30-23-17-27(18-24-30)36-40-33(6,7)34(8,9)41-36;19-13-1-7-16(8-2-13)22(17-9-3-14(20)4-10-17)18-11-5-15(21)6-12-18;1-3-17(8-20-9-17)12-22-15-5-14(19)6-16(7-15)23-13-18(4-2)10-21-11-18;1-2-3-4-5-6-7-8-13-9-11-14(15)12-10-13;1-2-12(7-14-8-12)9-15-11-5-3-10(13)4-6-11/h13-24H,10-12H2,1-9H3;1-12H;5-7H,3-4,8-13H2,1-2H3;9-12H,2-8H2,1H3;3-6H,2,7-9H2,1H3. The van der Waals surface area contributed by atoms with Gasteiger partial charge >= 0.3 is 14.2 Å². The summed E-state index contributed by atoms with van der Waals surface area (Å²) in [7, 11) is -0.779. The van der Waals surface area contributed by atoms with E-state index in [2.05, 4.69) is 365 Å². The van der Waals surface area contributed by atoms with Crippen LogP contribution in [-0.2, 0) is 45.7 Å². The Morgan fingerprint density at radius 3 is 0.853 bits per heavy atom. The number of aryl methyl sites for hydroxylation is 2. The molecule has 12 nitrogen and oxygen atoms in total. The summed E-state index contributed by atoms with van der Waals surface area (Å²) in [5.41, 5.74) is 10.6. The summed E-state index contributed by atoms with van der Waals surface area (Å²) >= 11 is 20.9. The lowest BCUT2D eigenvalue weighted by Gasteiger charge is -2.40. The molecule has 5 fully saturated rings. The maximum atomic E-state index is 6.30. The summed E-state index contributed by atoms with van der Waals surface area (Å²) in [6, 6.07) is 73.5. The molecule has 0 atom stereocenters. The number of nitrogens with zero attached hydrogens (tertiary/aromatic N) is 2. The van der Waals surface area contributed by atoms with Crippen molar-refractivity contribution in [3.63, 3.8) is 0 Å². The predicted molar refractivity (Wildman–Crippen MR) is 502 cm³/mol. The molecular weight excluding hydrogens is 1840 g/mol. The van der Waals surface area contributed by atoms with E-state index in [-0.39, 0.29) is 52.9 Å². The van der Waals surface area contributed by atoms with Gasteiger partial charge in [0.05, 0.1) is 98.1 Å². The molecule has 0 unspecified atom stereocenters. The molecule has 5 heterocycles. The van der Waals surface area contributed by atoms with Gasteiger partial charge in [-0.2, -0.15) is 0 Å². The zero-order valence-electron chi connectivity index (χ0n) is 70.2. The normalized spacial score (nSPS) is 17.1. The number of anilines is 6. The number of rotatable bonds is 30. The van der Waals surface area contributed by atoms with Gasteiger partial charge in [0.1, 0.15) is 17.2 Å². The molecule has 620 valence electrons. The van der Waals surface area contributed by atoms with Crippen LogP contribution in [0, 0.1) is 16.2 Å². The quantitative estimate of drug-likeness (QED) is 0.0317. The third-order valence-electron chi connectivity index (χ3n) is 23.3. The summed E-state index contributed by atoms with van der Waals surface area (Å²) in [4.78, 5) is 4.51. The van der Waals surface area contributed by atoms with E-state index in [1.54, 1.807) is 0 Å². The Labute approximate surface area is 744 Å². The van der Waals surface area contributed by atoms with Crippen molar-refractivity contribution in [2.24, 2.45) is 16.2 Å². The highest BCUT2D eigenvalue weighted by Gasteiger charge is 2.53. The zero-order chi connectivity index (χ0) is 83.2. The van der Waals surface area contributed by atoms with E-state index in [0.29, 0.717) is 13.2 Å². The summed E-state index contributed by atoms with van der Waals surface area (Å²) in [5.74, 6) is 2.60. The lowest BCUT2D eigenvalue weighted by molar-refractivity contribution is -0.134. The molecule has 0 N–H and O–H groups in total. The van der Waals surface area contributed by atoms with Crippen molar-refractivity contribution in [2.75, 3.05) is 69.3 Å². The molecule has 9 aromatic rings. The fourth-order valence-corrected chi connectivity index (χ4v) is 15.2. The van der Waals surface area contributed by atoms with E-state index >= 15 is 0 Å². The number of benzene rings is 9. The van der Waals surface area contributed by atoms with Crippen molar-refractivity contribution >= 4 is 155 Å². The van der Waals surface area contributed by atoms with Gasteiger partial charge in [-0.05, 0) is 280 Å². The van der Waals surface area contributed by atoms with Crippen molar-refractivity contribution in [1.29, 1.82) is 0 Å². The van der Waals surface area contributed by atoms with Crippen LogP contribution >= 0.6 is 95.6 Å². The molecule has 20 heteroatoms. The molecule has 5 saturated heterocycles. The Bertz CT molecular complexity index is 4150. The van der Waals surface area contributed by atoms with Crippen LogP contribution in [0.15, 0.2) is 239 Å². The van der Waals surface area contributed by atoms with Gasteiger partial charge < -0.3 is 56.8 Å². The molecule has 0 aromatic heterocycles. The van der Waals surface area contributed by atoms with E-state index in [9.17, 15) is 0 Å². The fourth-order valence-electron chi connectivity index (χ4n) is 13.4. The summed E-state index contributed by atoms with van der Waals surface area (Å²) in [5, 5.41) is 0. The van der Waals surface area contributed by atoms with Gasteiger partial charge in [-0.1, -0.05) is 217 Å². The minimum absolute atomic E-state index is 0.179. The molecule has 5 aliphatic heterocycles. The minimum atomic E-state index is -0.389. The Kier molecular flexibility index (Phi) is 34.8. The monoisotopic (exact) mass is 1950 g/mol. The van der Waals surface area contributed by atoms with Gasteiger partial charge in [-0.15, -0.1) is 0 Å². The largest absolute Gasteiger partial charge is 0.494 e. The molecule has 0 saturated carbocycles. The number of halogens is 6. The smallest absolute Gasteiger partial charge is 0.493 e. The Hall–Kier alpha value is -5.29. The maximum absolute atomic E-state index is 6.30. The number of hydrogen-bond acceptors (Lipinski definition) is 12. The van der Waals surface area contributed by atoms with Crippen LogP contribution in [0.2, 0.25) is 0 Å². The van der Waals surface area contributed by atoms with Crippen molar-refractivity contribution in [3.8, 4) is 17.2 Å². The molecule has 0 aliphatic carbocycles. The lowest BCUT2D eigenvalue weighted by atomic mass is 9.79. The van der Waals surface area contributed by atoms with E-state index < -0.39 is 0 Å². The number of unbranched alkanes of at least 4 members (excludes halogenated alkanes) is 6. The number of ether oxygens (including phenoxy) is 6. The predicted octanol–water partition coefficient (Wildman–Crippen LogP) is 27.2. The Balaban J connectivity index is 0.000000163. The first-order valence-corrected chi connectivity index (χ1v) is 46.1. The van der Waals surface area contributed by atoms with Crippen LogP contribution in [0.4, 0.5) is 34.1 Å². The first-order chi connectivity index (χ1) is 55.5. The van der Waals surface area contributed by atoms with Crippen LogP contribution < -0.4 is 34.9 Å². The molecule has 0 amide bonds. The molecule has 0 radical (unpaired) electrons. The van der Waals surface area contributed by atoms with Crippen LogP contribution in [0.1, 0.15) is 172 Å². The summed E-state index contributed by atoms with van der Waals surface area (Å²) in [6.45, 7) is 34.7. The molecule has 14 rings (SSSR count). The minimum Gasteiger partial charge on any atom is -0.493 e. The third kappa shape index (κ3) is 26.1. The van der Waals surface area contributed by atoms with Crippen LogP contribution in [0.25, 0.3) is 0 Å². The fraction of sp³-hybridized carbons (Fsp3) is 0.438. The second-order valence-corrected chi connectivity index (χ2v) is 38.8. The van der Waals surface area contributed by atoms with Crippen LogP contribution in [0.3, 0.4) is 0 Å². The molecule has 9 aromatic carbocycles. The van der Waals surface area contributed by atoms with Crippen molar-refractivity contribution in [1.82, 2.24) is 0 Å². The van der Waals surface area contributed by atoms with E-state index in [0.717, 1.165) is 157 Å². The van der Waals surface area contributed by atoms with Crippen LogP contribution in [-0.4, -0.2) is 96.1 Å². The molecular formula is C96H118B2Br6N2O10. The van der Waals surface area contributed by atoms with E-state index in [1.165, 1.54) is 73.4 Å². The highest BCUT2D eigenvalue weighted by Crippen LogP contribution is 2.43. The molecule has 5 aliphatic rings. The first-order valence-electron chi connectivity index (χ1n) is 41.3. The van der Waals surface area contributed by atoms with Gasteiger partial charge in [-0.25, -0.2) is 0 Å². The number of hydrogen-bond donors (Lipinski definition) is 0. The Morgan fingerprint density at radius 1 is 0.293 bits per heavy atom. The Morgan fingerprint density at radius 2 is 0.552 bits per heavy atom. The zero-order valence-corrected chi connectivity index (χ0v) is 79.7. The summed E-state index contributed by atoms with van der Waals surface area (Å²) in [6.07, 6.45) is 16.3. The van der Waals surface area contributed by atoms with Crippen LogP contribution in [0.5, 0.6) is 17.2 Å². The SMILES string of the molecule is Brc1ccc(N(c2ccc(Br)cc2)c2ccc(Br)cc2)cc1.CCC1(COc2cc(Br)cc(OCC3(CC)COC3)c2)COC1.CCC1(COc2ccc(Br)cc2)COC1.CCCCCCCCc1ccc(Br)cc1.CCCCc1ccc(N(c2ccc(B3OC(C)(C)C(C)(C)O3)cc2)c2ccc(B3OC(C)(C)C(C)(C)O3)cc2)cc1. The van der Waals surface area contributed by atoms with E-state index in [4.69, 9.17) is 47.0 Å². The second kappa shape index (κ2) is 43.5. The van der Waals surface area contributed by atoms with Crippen molar-refractivity contribution < 1.29 is 47.0 Å². The van der Waals surface area contributed by atoms with Gasteiger partial charge in [-0.3, -0.25) is 0 Å². The molecule has 0 spiro atoms. The highest BCUT2D eigenvalue weighted by molar-refractivity contribution is 9.11. The average Bonchev–Trinajstić information content (AvgIpc) is 1.59. The van der Waals surface area contributed by atoms with E-state index in [1.807, 2.05) is 42.5 Å². The van der Waals surface area contributed by atoms with Crippen molar-refractivity contribution in [2.45, 2.75) is 196 Å². The lowest BCUT2D eigenvalue weighted by Crippen LogP contribution is -2.46. The third-order valence-corrected chi connectivity index (χ3v) is 26.4. The first kappa shape index (κ1) is 93.0. The van der Waals surface area contributed by atoms with Gasteiger partial charge in [0.2, 0.25) is 0 Å². The molecule has 0 bridgehead atoms. The van der Waals surface area contributed by atoms with Gasteiger partial charge in [0, 0.05) is 67.0 Å². The molecule has 116 heavy (non-hydrogen) atoms. The maximum Gasteiger partial charge on any atom is 0.494 e. The highest BCUT2D eigenvalue weighted by atomic mass is 79.9. The van der Waals surface area contributed by atoms with Crippen molar-refractivity contribution in [3.05, 3.63) is 250 Å². The topological polar surface area (TPSA) is 98.8 Å². The van der Waals surface area contributed by atoms with Gasteiger partial charge in [0.25, 0.3) is 0 Å². The average molecular weight is 1960 g/mol.